The lowest BCUT2D eigenvalue weighted by Crippen LogP contribution is -2.42. The first-order valence-electron chi connectivity index (χ1n) is 6.22. The maximum atomic E-state index is 11.8. The molecule has 0 unspecified atom stereocenters. The largest absolute Gasteiger partial charge is 0.481 e. The Morgan fingerprint density at radius 1 is 1.37 bits per heavy atom. The van der Waals surface area contributed by atoms with Gasteiger partial charge < -0.3 is 20.1 Å². The highest BCUT2D eigenvalue weighted by Crippen LogP contribution is 1.96. The molecular formula is C12H21N3O4. The standard InChI is InChI=1S/C12H21N3O4/c1-19-10-9-15(8-4-6-13)12(18)14-7-3-2-5-11(16)17/h2-5,7-10H2,1H3,(H,14,18)(H,16,17). The summed E-state index contributed by atoms with van der Waals surface area (Å²) in [7, 11) is 1.55. The van der Waals surface area contributed by atoms with Crippen molar-refractivity contribution in [3.63, 3.8) is 0 Å². The van der Waals surface area contributed by atoms with E-state index in [4.69, 9.17) is 15.1 Å². The van der Waals surface area contributed by atoms with Crippen LogP contribution in [0.25, 0.3) is 0 Å². The molecule has 0 radical (unpaired) electrons. The smallest absolute Gasteiger partial charge is 0.317 e. The van der Waals surface area contributed by atoms with Gasteiger partial charge in [-0.15, -0.1) is 0 Å². The summed E-state index contributed by atoms with van der Waals surface area (Å²) in [6, 6.07) is 1.74. The molecule has 0 heterocycles. The zero-order valence-electron chi connectivity index (χ0n) is 11.2. The summed E-state index contributed by atoms with van der Waals surface area (Å²) >= 11 is 0. The molecule has 0 bridgehead atoms. The number of unbranched alkanes of at least 4 members (excludes halogenated alkanes) is 1. The molecule has 0 spiro atoms. The SMILES string of the molecule is COCCN(CCC#N)C(=O)NCCCCC(=O)O. The number of rotatable bonds is 10. The molecule has 7 heteroatoms. The molecule has 0 aromatic rings. The number of nitrogens with zero attached hydrogens (tertiary/aromatic N) is 2. The molecule has 108 valence electrons. The van der Waals surface area contributed by atoms with Crippen LogP contribution in [-0.2, 0) is 9.53 Å². The lowest BCUT2D eigenvalue weighted by molar-refractivity contribution is -0.137. The lowest BCUT2D eigenvalue weighted by Gasteiger charge is -2.21. The fourth-order valence-electron chi connectivity index (χ4n) is 1.41. The summed E-state index contributed by atoms with van der Waals surface area (Å²) in [4.78, 5) is 23.6. The van der Waals surface area contributed by atoms with Crippen molar-refractivity contribution in [2.24, 2.45) is 0 Å². The fraction of sp³-hybridized carbons (Fsp3) is 0.750. The van der Waals surface area contributed by atoms with Gasteiger partial charge in [-0.2, -0.15) is 5.26 Å². The van der Waals surface area contributed by atoms with Crippen molar-refractivity contribution in [2.45, 2.75) is 25.7 Å². The van der Waals surface area contributed by atoms with E-state index in [2.05, 4.69) is 5.32 Å². The Morgan fingerprint density at radius 3 is 2.68 bits per heavy atom. The van der Waals surface area contributed by atoms with E-state index in [1.165, 1.54) is 4.90 Å². The predicted octanol–water partition coefficient (Wildman–Crippen LogP) is 0.813. The van der Waals surface area contributed by atoms with Crippen molar-refractivity contribution in [3.05, 3.63) is 0 Å². The quantitative estimate of drug-likeness (QED) is 0.572. The molecule has 0 rings (SSSR count). The minimum atomic E-state index is -0.831. The number of carboxylic acid groups (broad SMARTS) is 1. The van der Waals surface area contributed by atoms with Crippen molar-refractivity contribution in [1.82, 2.24) is 10.2 Å². The van der Waals surface area contributed by atoms with Gasteiger partial charge in [0.25, 0.3) is 0 Å². The average Bonchev–Trinajstić information content (AvgIpc) is 2.38. The van der Waals surface area contributed by atoms with Crippen molar-refractivity contribution in [2.75, 3.05) is 33.4 Å². The molecule has 0 fully saturated rings. The van der Waals surface area contributed by atoms with Crippen molar-refractivity contribution in [1.29, 1.82) is 5.26 Å². The van der Waals surface area contributed by atoms with Crippen LogP contribution in [0.15, 0.2) is 0 Å². The van der Waals surface area contributed by atoms with Gasteiger partial charge in [-0.05, 0) is 12.8 Å². The number of ether oxygens (including phenoxy) is 1. The van der Waals surface area contributed by atoms with E-state index in [0.29, 0.717) is 39.1 Å². The molecule has 7 nitrogen and oxygen atoms in total. The van der Waals surface area contributed by atoms with Crippen LogP contribution in [-0.4, -0.2) is 55.4 Å². The summed E-state index contributed by atoms with van der Waals surface area (Å²) in [6.07, 6.45) is 1.54. The number of nitriles is 1. The molecule has 0 aliphatic heterocycles. The second-order valence-corrected chi connectivity index (χ2v) is 3.97. The monoisotopic (exact) mass is 271 g/mol. The number of carbonyl (C=O) groups is 2. The normalized spacial score (nSPS) is 9.68. The zero-order valence-corrected chi connectivity index (χ0v) is 11.2. The van der Waals surface area contributed by atoms with Crippen LogP contribution in [0.3, 0.4) is 0 Å². The van der Waals surface area contributed by atoms with Gasteiger partial charge in [0.05, 0.1) is 19.1 Å². The van der Waals surface area contributed by atoms with Gasteiger partial charge in [0, 0.05) is 33.2 Å². The Balaban J connectivity index is 3.89. The molecule has 0 aliphatic rings. The summed E-state index contributed by atoms with van der Waals surface area (Å²) < 4.78 is 4.90. The van der Waals surface area contributed by atoms with Crippen molar-refractivity contribution < 1.29 is 19.4 Å². The topological polar surface area (TPSA) is 103 Å². The van der Waals surface area contributed by atoms with E-state index >= 15 is 0 Å². The van der Waals surface area contributed by atoms with E-state index < -0.39 is 5.97 Å². The maximum Gasteiger partial charge on any atom is 0.317 e. The number of carbonyl (C=O) groups excluding carboxylic acids is 1. The van der Waals surface area contributed by atoms with Gasteiger partial charge in [0.15, 0.2) is 0 Å². The van der Waals surface area contributed by atoms with E-state index in [-0.39, 0.29) is 18.9 Å². The molecule has 2 N–H and O–H groups in total. The van der Waals surface area contributed by atoms with Gasteiger partial charge in [0.2, 0.25) is 0 Å². The summed E-state index contributed by atoms with van der Waals surface area (Å²) in [5, 5.41) is 19.7. The third-order valence-corrected chi connectivity index (χ3v) is 2.44. The minimum Gasteiger partial charge on any atom is -0.481 e. The molecule has 0 aromatic heterocycles. The van der Waals surface area contributed by atoms with Crippen LogP contribution in [0.1, 0.15) is 25.7 Å². The number of methoxy groups -OCH3 is 1. The fourth-order valence-corrected chi connectivity index (χ4v) is 1.41. The highest BCUT2D eigenvalue weighted by atomic mass is 16.5. The van der Waals surface area contributed by atoms with Gasteiger partial charge >= 0.3 is 12.0 Å². The summed E-state index contributed by atoms with van der Waals surface area (Å²) in [6.45, 7) is 1.64. The molecule has 0 saturated heterocycles. The van der Waals surface area contributed by atoms with Gasteiger partial charge in [-0.3, -0.25) is 4.79 Å². The Labute approximate surface area is 113 Å². The Morgan fingerprint density at radius 2 is 2.11 bits per heavy atom. The number of hydrogen-bond donors (Lipinski definition) is 2. The Hall–Kier alpha value is -1.81. The zero-order chi connectivity index (χ0) is 14.5. The van der Waals surface area contributed by atoms with Gasteiger partial charge in [-0.1, -0.05) is 0 Å². The molecule has 0 atom stereocenters. The molecule has 0 aliphatic carbocycles. The van der Waals surface area contributed by atoms with Gasteiger partial charge in [-0.25, -0.2) is 4.79 Å². The van der Waals surface area contributed by atoms with Crippen LogP contribution in [0.2, 0.25) is 0 Å². The van der Waals surface area contributed by atoms with Crippen molar-refractivity contribution in [3.8, 4) is 6.07 Å². The number of aliphatic carboxylic acids is 1. The Bertz CT molecular complexity index is 315. The van der Waals surface area contributed by atoms with Crippen LogP contribution >= 0.6 is 0 Å². The molecular weight excluding hydrogens is 250 g/mol. The number of hydrogen-bond acceptors (Lipinski definition) is 4. The van der Waals surface area contributed by atoms with E-state index in [1.807, 2.05) is 6.07 Å². The number of carboxylic acids is 1. The van der Waals surface area contributed by atoms with E-state index in [9.17, 15) is 9.59 Å². The molecule has 0 saturated carbocycles. The summed E-state index contributed by atoms with van der Waals surface area (Å²) in [5.41, 5.74) is 0. The number of nitrogens with one attached hydrogen (secondary N) is 1. The lowest BCUT2D eigenvalue weighted by atomic mass is 10.2. The van der Waals surface area contributed by atoms with Crippen LogP contribution in [0.5, 0.6) is 0 Å². The first-order valence-corrected chi connectivity index (χ1v) is 6.22. The van der Waals surface area contributed by atoms with E-state index in [1.54, 1.807) is 7.11 Å². The van der Waals surface area contributed by atoms with Crippen molar-refractivity contribution >= 4 is 12.0 Å². The summed E-state index contributed by atoms with van der Waals surface area (Å²) in [5.74, 6) is -0.831. The van der Waals surface area contributed by atoms with Crippen LogP contribution in [0.4, 0.5) is 4.79 Å². The highest BCUT2D eigenvalue weighted by Gasteiger charge is 2.11. The number of urea groups is 1. The third kappa shape index (κ3) is 9.85. The maximum absolute atomic E-state index is 11.8. The first kappa shape index (κ1) is 17.2. The van der Waals surface area contributed by atoms with Crippen LogP contribution in [0, 0.1) is 11.3 Å². The third-order valence-electron chi connectivity index (χ3n) is 2.44. The highest BCUT2D eigenvalue weighted by molar-refractivity contribution is 5.74. The minimum absolute atomic E-state index is 0.109. The van der Waals surface area contributed by atoms with Crippen LogP contribution < -0.4 is 5.32 Å². The first-order chi connectivity index (χ1) is 9.11. The van der Waals surface area contributed by atoms with Gasteiger partial charge in [0.1, 0.15) is 0 Å². The molecule has 0 aromatic carbocycles. The average molecular weight is 271 g/mol. The molecule has 19 heavy (non-hydrogen) atoms. The number of amides is 2. The second kappa shape index (κ2) is 11.3. The predicted molar refractivity (Wildman–Crippen MR) is 68.6 cm³/mol. The molecule has 2 amide bonds. The van der Waals surface area contributed by atoms with E-state index in [0.717, 1.165) is 0 Å². The Kier molecular flexibility index (Phi) is 10.2. The second-order valence-electron chi connectivity index (χ2n) is 3.97.